The second kappa shape index (κ2) is 4.30. The molecule has 2 amide bonds. The van der Waals surface area contributed by atoms with Gasteiger partial charge in [-0.1, -0.05) is 11.6 Å². The lowest BCUT2D eigenvalue weighted by atomic mass is 10.1. The lowest BCUT2D eigenvalue weighted by molar-refractivity contribution is 0.0576. The third-order valence-corrected chi connectivity index (χ3v) is 3.06. The molecular formula is C13H15NO3. The quantitative estimate of drug-likeness (QED) is 0.802. The topological polar surface area (TPSA) is 57.6 Å². The fourth-order valence-electron chi connectivity index (χ4n) is 2.09. The van der Waals surface area contributed by atoms with Crippen molar-refractivity contribution in [3.63, 3.8) is 0 Å². The molecule has 0 saturated carbocycles. The number of amides is 2. The number of hydrogen-bond donors (Lipinski definition) is 1. The van der Waals surface area contributed by atoms with E-state index in [2.05, 4.69) is 0 Å². The van der Waals surface area contributed by atoms with Crippen LogP contribution in [-0.2, 0) is 0 Å². The first-order chi connectivity index (χ1) is 8.06. The molecule has 0 bridgehead atoms. The van der Waals surface area contributed by atoms with Crippen LogP contribution in [-0.4, -0.2) is 34.5 Å². The first-order valence-corrected chi connectivity index (χ1v) is 5.65. The van der Waals surface area contributed by atoms with Crippen molar-refractivity contribution >= 4 is 11.8 Å². The van der Waals surface area contributed by atoms with Crippen molar-refractivity contribution in [2.75, 3.05) is 6.61 Å². The number of rotatable bonds is 3. The SMILES string of the molecule is Cc1ccc2c(c1)C(=O)N(C(C)CCO)C2=O. The maximum absolute atomic E-state index is 12.1. The highest BCUT2D eigenvalue weighted by molar-refractivity contribution is 6.21. The van der Waals surface area contributed by atoms with Gasteiger partial charge < -0.3 is 5.11 Å². The average molecular weight is 233 g/mol. The van der Waals surface area contributed by atoms with Crippen molar-refractivity contribution in [1.29, 1.82) is 0 Å². The van der Waals surface area contributed by atoms with E-state index in [1.54, 1.807) is 19.1 Å². The van der Waals surface area contributed by atoms with E-state index in [9.17, 15) is 9.59 Å². The first-order valence-electron chi connectivity index (χ1n) is 5.65. The van der Waals surface area contributed by atoms with Gasteiger partial charge in [0.2, 0.25) is 0 Å². The Kier molecular flexibility index (Phi) is 2.98. The number of hydrogen-bond acceptors (Lipinski definition) is 3. The van der Waals surface area contributed by atoms with Gasteiger partial charge in [0.25, 0.3) is 11.8 Å². The highest BCUT2D eigenvalue weighted by Crippen LogP contribution is 2.26. The van der Waals surface area contributed by atoms with Gasteiger partial charge in [0, 0.05) is 12.6 Å². The van der Waals surface area contributed by atoms with E-state index in [1.165, 1.54) is 4.90 Å². The smallest absolute Gasteiger partial charge is 0.261 e. The summed E-state index contributed by atoms with van der Waals surface area (Å²) in [6, 6.07) is 4.98. The highest BCUT2D eigenvalue weighted by Gasteiger charge is 2.37. The van der Waals surface area contributed by atoms with Gasteiger partial charge in [0.1, 0.15) is 0 Å². The lowest BCUT2D eigenvalue weighted by Crippen LogP contribution is -2.38. The number of carbonyl (C=O) groups excluding carboxylic acids is 2. The van der Waals surface area contributed by atoms with E-state index < -0.39 is 0 Å². The van der Waals surface area contributed by atoms with Crippen LogP contribution >= 0.6 is 0 Å². The molecule has 0 saturated heterocycles. The Morgan fingerprint density at radius 1 is 1.24 bits per heavy atom. The summed E-state index contributed by atoms with van der Waals surface area (Å²) in [5.74, 6) is -0.513. The molecule has 1 heterocycles. The molecule has 4 heteroatoms. The van der Waals surface area contributed by atoms with Crippen LogP contribution in [0.3, 0.4) is 0 Å². The predicted molar refractivity (Wildman–Crippen MR) is 62.8 cm³/mol. The molecule has 1 aliphatic rings. The maximum Gasteiger partial charge on any atom is 0.261 e. The molecule has 1 unspecified atom stereocenters. The molecule has 4 nitrogen and oxygen atoms in total. The Bertz CT molecular complexity index is 482. The summed E-state index contributed by atoms with van der Waals surface area (Å²) in [5.41, 5.74) is 1.90. The minimum absolute atomic E-state index is 0.0341. The molecule has 2 rings (SSSR count). The molecule has 1 N–H and O–H groups in total. The van der Waals surface area contributed by atoms with Crippen LogP contribution in [0.2, 0.25) is 0 Å². The molecule has 0 spiro atoms. The predicted octanol–water partition coefficient (Wildman–Crippen LogP) is 1.36. The van der Waals surface area contributed by atoms with Crippen molar-refractivity contribution in [1.82, 2.24) is 4.90 Å². The van der Waals surface area contributed by atoms with E-state index in [0.717, 1.165) is 5.56 Å². The summed E-state index contributed by atoms with van der Waals surface area (Å²) in [7, 11) is 0. The molecule has 0 radical (unpaired) electrons. The Balaban J connectivity index is 2.38. The van der Waals surface area contributed by atoms with E-state index in [4.69, 9.17) is 5.11 Å². The average Bonchev–Trinajstić information content (AvgIpc) is 2.52. The molecular weight excluding hydrogens is 218 g/mol. The third-order valence-electron chi connectivity index (χ3n) is 3.06. The number of benzene rings is 1. The Morgan fingerprint density at radius 3 is 2.53 bits per heavy atom. The van der Waals surface area contributed by atoms with Crippen molar-refractivity contribution in [3.05, 3.63) is 34.9 Å². The van der Waals surface area contributed by atoms with Crippen LogP contribution in [0.25, 0.3) is 0 Å². The summed E-state index contributed by atoms with van der Waals surface area (Å²) < 4.78 is 0. The Labute approximate surface area is 99.9 Å². The van der Waals surface area contributed by atoms with E-state index in [0.29, 0.717) is 17.5 Å². The van der Waals surface area contributed by atoms with E-state index in [-0.39, 0.29) is 24.5 Å². The summed E-state index contributed by atoms with van der Waals surface area (Å²) in [4.78, 5) is 25.4. The third kappa shape index (κ3) is 1.85. The molecule has 0 fully saturated rings. The second-order valence-electron chi connectivity index (χ2n) is 4.39. The summed E-state index contributed by atoms with van der Waals surface area (Å²) in [5, 5.41) is 8.88. The number of carbonyl (C=O) groups is 2. The van der Waals surface area contributed by atoms with Gasteiger partial charge in [-0.3, -0.25) is 14.5 Å². The van der Waals surface area contributed by atoms with Gasteiger partial charge in [-0.25, -0.2) is 0 Å². The van der Waals surface area contributed by atoms with E-state index >= 15 is 0 Å². The second-order valence-corrected chi connectivity index (χ2v) is 4.39. The molecule has 90 valence electrons. The van der Waals surface area contributed by atoms with Crippen molar-refractivity contribution in [2.24, 2.45) is 0 Å². The fraction of sp³-hybridized carbons (Fsp3) is 0.385. The summed E-state index contributed by atoms with van der Waals surface area (Å²) in [6.45, 7) is 3.62. The van der Waals surface area contributed by atoms with Crippen LogP contribution in [0.15, 0.2) is 18.2 Å². The summed E-state index contributed by atoms with van der Waals surface area (Å²) in [6.07, 6.45) is 0.407. The maximum atomic E-state index is 12.1. The monoisotopic (exact) mass is 233 g/mol. The van der Waals surface area contributed by atoms with Crippen LogP contribution < -0.4 is 0 Å². The first kappa shape index (κ1) is 11.8. The van der Waals surface area contributed by atoms with Gasteiger partial charge in [-0.15, -0.1) is 0 Å². The highest BCUT2D eigenvalue weighted by atomic mass is 16.3. The van der Waals surface area contributed by atoms with Crippen LogP contribution in [0, 0.1) is 6.92 Å². The minimum atomic E-state index is -0.271. The number of fused-ring (bicyclic) bond motifs is 1. The minimum Gasteiger partial charge on any atom is -0.396 e. The molecule has 1 aliphatic heterocycles. The lowest BCUT2D eigenvalue weighted by Gasteiger charge is -2.21. The molecule has 0 aliphatic carbocycles. The molecule has 17 heavy (non-hydrogen) atoms. The van der Waals surface area contributed by atoms with Gasteiger partial charge in [-0.05, 0) is 32.4 Å². The van der Waals surface area contributed by atoms with Gasteiger partial charge in [-0.2, -0.15) is 0 Å². The molecule has 1 aromatic carbocycles. The molecule has 1 atom stereocenters. The largest absolute Gasteiger partial charge is 0.396 e. The zero-order valence-corrected chi connectivity index (χ0v) is 9.93. The summed E-state index contributed by atoms with van der Waals surface area (Å²) >= 11 is 0. The standard InChI is InChI=1S/C13H15NO3/c1-8-3-4-10-11(7-8)13(17)14(12(10)16)9(2)5-6-15/h3-4,7,9,15H,5-6H2,1-2H3. The van der Waals surface area contributed by atoms with E-state index in [1.807, 2.05) is 13.0 Å². The fourth-order valence-corrected chi connectivity index (χ4v) is 2.09. The zero-order chi connectivity index (χ0) is 12.6. The van der Waals surface area contributed by atoms with Crippen LogP contribution in [0.4, 0.5) is 0 Å². The number of aryl methyl sites for hydroxylation is 1. The van der Waals surface area contributed by atoms with Crippen molar-refractivity contribution in [3.8, 4) is 0 Å². The van der Waals surface area contributed by atoms with Gasteiger partial charge >= 0.3 is 0 Å². The van der Waals surface area contributed by atoms with Crippen molar-refractivity contribution in [2.45, 2.75) is 26.3 Å². The zero-order valence-electron chi connectivity index (χ0n) is 9.93. The van der Waals surface area contributed by atoms with Crippen LogP contribution in [0.5, 0.6) is 0 Å². The van der Waals surface area contributed by atoms with Crippen molar-refractivity contribution < 1.29 is 14.7 Å². The van der Waals surface area contributed by atoms with Gasteiger partial charge in [0.15, 0.2) is 0 Å². The molecule has 0 aromatic heterocycles. The number of aliphatic hydroxyl groups is 1. The Morgan fingerprint density at radius 2 is 1.88 bits per heavy atom. The number of aliphatic hydroxyl groups excluding tert-OH is 1. The number of imide groups is 1. The Hall–Kier alpha value is -1.68. The number of nitrogens with zero attached hydrogens (tertiary/aromatic N) is 1. The van der Waals surface area contributed by atoms with Crippen LogP contribution in [0.1, 0.15) is 39.6 Å². The molecule has 1 aromatic rings. The van der Waals surface area contributed by atoms with Gasteiger partial charge in [0.05, 0.1) is 11.1 Å². The normalized spacial score (nSPS) is 16.3.